The highest BCUT2D eigenvalue weighted by molar-refractivity contribution is 6.32. The normalized spacial score (nSPS) is 10.5. The molecule has 0 saturated carbocycles. The van der Waals surface area contributed by atoms with E-state index in [4.69, 9.17) is 26.8 Å². The number of nitrogens with one attached hydrogen (secondary N) is 1. The van der Waals surface area contributed by atoms with Crippen LogP contribution in [0.3, 0.4) is 0 Å². The second-order valence-corrected chi connectivity index (χ2v) is 6.47. The van der Waals surface area contributed by atoms with Gasteiger partial charge in [-0.15, -0.1) is 0 Å². The van der Waals surface area contributed by atoms with E-state index in [9.17, 15) is 9.59 Å². The van der Waals surface area contributed by atoms with E-state index in [1.165, 1.54) is 25.3 Å². The molecule has 0 saturated heterocycles. The van der Waals surface area contributed by atoms with Crippen molar-refractivity contribution in [3.05, 3.63) is 52.5 Å². The zero-order valence-corrected chi connectivity index (χ0v) is 15.6. The van der Waals surface area contributed by atoms with Crippen molar-refractivity contribution in [3.63, 3.8) is 0 Å². The number of halogens is 1. The molecule has 138 valence electrons. The smallest absolute Gasteiger partial charge is 0.255 e. The fourth-order valence-corrected chi connectivity index (χ4v) is 2.51. The van der Waals surface area contributed by atoms with Gasteiger partial charge in [0.1, 0.15) is 0 Å². The van der Waals surface area contributed by atoms with Crippen LogP contribution in [-0.2, 0) is 0 Å². The number of para-hydroxylation sites is 1. The molecule has 0 aliphatic rings. The van der Waals surface area contributed by atoms with Crippen molar-refractivity contribution in [1.82, 2.24) is 0 Å². The number of benzene rings is 2. The maximum absolute atomic E-state index is 12.6. The van der Waals surface area contributed by atoms with Gasteiger partial charge in [-0.25, -0.2) is 0 Å². The Balaban J connectivity index is 2.30. The summed E-state index contributed by atoms with van der Waals surface area (Å²) in [4.78, 5) is 24.0. The summed E-state index contributed by atoms with van der Waals surface area (Å²) in [5, 5.41) is 2.92. The number of hydrogen-bond acceptors (Lipinski definition) is 4. The van der Waals surface area contributed by atoms with Crippen LogP contribution in [0.4, 0.5) is 5.69 Å². The second-order valence-electron chi connectivity index (χ2n) is 6.06. The molecule has 0 unspecified atom stereocenters. The molecule has 2 aromatic rings. The van der Waals surface area contributed by atoms with Crippen LogP contribution in [0.25, 0.3) is 0 Å². The van der Waals surface area contributed by atoms with E-state index in [0.29, 0.717) is 29.7 Å². The molecule has 2 rings (SSSR count). The van der Waals surface area contributed by atoms with Gasteiger partial charge in [-0.05, 0) is 30.2 Å². The standard InChI is InChI=1S/C19H21ClN2O4/c1-11(2)10-26-17-14(20)8-12(9-16(17)25-3)19(24)22-15-7-5-4-6-13(15)18(21)23/h4-9,11H,10H2,1-3H3,(H2,21,23)(H,22,24). The van der Waals surface area contributed by atoms with E-state index >= 15 is 0 Å². The van der Waals surface area contributed by atoms with E-state index in [1.807, 2.05) is 13.8 Å². The third-order valence-corrected chi connectivity index (χ3v) is 3.77. The minimum atomic E-state index is -0.631. The molecule has 2 amide bonds. The Morgan fingerprint density at radius 2 is 1.92 bits per heavy atom. The predicted molar refractivity (Wildman–Crippen MR) is 101 cm³/mol. The molecule has 26 heavy (non-hydrogen) atoms. The van der Waals surface area contributed by atoms with Gasteiger partial charge >= 0.3 is 0 Å². The molecule has 0 radical (unpaired) electrons. The van der Waals surface area contributed by atoms with Crippen molar-refractivity contribution < 1.29 is 19.1 Å². The topological polar surface area (TPSA) is 90.6 Å². The van der Waals surface area contributed by atoms with Gasteiger partial charge in [0.05, 0.1) is 30.0 Å². The van der Waals surface area contributed by atoms with Crippen LogP contribution in [0.5, 0.6) is 11.5 Å². The Labute approximate surface area is 157 Å². The Hall–Kier alpha value is -2.73. The summed E-state index contributed by atoms with van der Waals surface area (Å²) < 4.78 is 11.0. The first kappa shape index (κ1) is 19.6. The van der Waals surface area contributed by atoms with Gasteiger partial charge < -0.3 is 20.5 Å². The Morgan fingerprint density at radius 1 is 1.23 bits per heavy atom. The Bertz CT molecular complexity index is 821. The molecule has 0 aliphatic heterocycles. The third-order valence-electron chi connectivity index (χ3n) is 3.49. The first-order chi connectivity index (χ1) is 12.3. The fraction of sp³-hybridized carbons (Fsp3) is 0.263. The number of anilines is 1. The van der Waals surface area contributed by atoms with Crippen molar-refractivity contribution in [2.45, 2.75) is 13.8 Å². The lowest BCUT2D eigenvalue weighted by Gasteiger charge is -2.15. The second kappa shape index (κ2) is 8.58. The number of amides is 2. The lowest BCUT2D eigenvalue weighted by atomic mass is 10.1. The van der Waals surface area contributed by atoms with Crippen LogP contribution in [-0.4, -0.2) is 25.5 Å². The first-order valence-electron chi connectivity index (χ1n) is 8.04. The average molecular weight is 377 g/mol. The van der Waals surface area contributed by atoms with E-state index in [-0.39, 0.29) is 16.1 Å². The summed E-state index contributed by atoms with van der Waals surface area (Å²) in [5.41, 5.74) is 6.13. The molecule has 7 heteroatoms. The molecular formula is C19H21ClN2O4. The van der Waals surface area contributed by atoms with E-state index in [0.717, 1.165) is 0 Å². The molecule has 0 aromatic heterocycles. The number of hydrogen-bond donors (Lipinski definition) is 2. The monoisotopic (exact) mass is 376 g/mol. The van der Waals surface area contributed by atoms with Crippen LogP contribution >= 0.6 is 11.6 Å². The maximum Gasteiger partial charge on any atom is 0.255 e. The number of rotatable bonds is 7. The van der Waals surface area contributed by atoms with E-state index < -0.39 is 11.8 Å². The number of nitrogens with two attached hydrogens (primary N) is 1. The SMILES string of the molecule is COc1cc(C(=O)Nc2ccccc2C(N)=O)cc(Cl)c1OCC(C)C. The number of ether oxygens (including phenoxy) is 2. The van der Waals surface area contributed by atoms with Crippen LogP contribution in [0.1, 0.15) is 34.6 Å². The summed E-state index contributed by atoms with van der Waals surface area (Å²) >= 11 is 6.27. The summed E-state index contributed by atoms with van der Waals surface area (Å²) in [7, 11) is 1.47. The molecular weight excluding hydrogens is 356 g/mol. The van der Waals surface area contributed by atoms with Crippen LogP contribution in [0.2, 0.25) is 5.02 Å². The van der Waals surface area contributed by atoms with Gasteiger partial charge in [-0.3, -0.25) is 9.59 Å². The van der Waals surface area contributed by atoms with Crippen molar-refractivity contribution in [2.24, 2.45) is 11.7 Å². The maximum atomic E-state index is 12.6. The zero-order chi connectivity index (χ0) is 19.3. The largest absolute Gasteiger partial charge is 0.493 e. The third kappa shape index (κ3) is 4.67. The molecule has 0 spiro atoms. The Kier molecular flexibility index (Phi) is 6.46. The molecule has 6 nitrogen and oxygen atoms in total. The molecule has 3 N–H and O–H groups in total. The Morgan fingerprint density at radius 3 is 2.54 bits per heavy atom. The fourth-order valence-electron chi connectivity index (χ4n) is 2.24. The number of carbonyl (C=O) groups excluding carboxylic acids is 2. The van der Waals surface area contributed by atoms with Crippen molar-refractivity contribution in [3.8, 4) is 11.5 Å². The lowest BCUT2D eigenvalue weighted by Crippen LogP contribution is -2.18. The highest BCUT2D eigenvalue weighted by atomic mass is 35.5. The minimum absolute atomic E-state index is 0.218. The molecule has 0 heterocycles. The highest BCUT2D eigenvalue weighted by Gasteiger charge is 2.18. The summed E-state index contributed by atoms with van der Waals surface area (Å²) in [6.07, 6.45) is 0. The predicted octanol–water partition coefficient (Wildman–Crippen LogP) is 3.73. The van der Waals surface area contributed by atoms with Crippen molar-refractivity contribution in [1.29, 1.82) is 0 Å². The molecule has 0 aliphatic carbocycles. The van der Waals surface area contributed by atoms with Gasteiger partial charge in [0.25, 0.3) is 11.8 Å². The van der Waals surface area contributed by atoms with Crippen LogP contribution in [0, 0.1) is 5.92 Å². The molecule has 2 aromatic carbocycles. The minimum Gasteiger partial charge on any atom is -0.493 e. The zero-order valence-electron chi connectivity index (χ0n) is 14.8. The molecule has 0 bridgehead atoms. The van der Waals surface area contributed by atoms with Gasteiger partial charge in [0, 0.05) is 5.56 Å². The van der Waals surface area contributed by atoms with E-state index in [1.54, 1.807) is 18.2 Å². The lowest BCUT2D eigenvalue weighted by molar-refractivity contribution is 0.100. The van der Waals surface area contributed by atoms with Gasteiger partial charge in [0.2, 0.25) is 0 Å². The molecule has 0 fully saturated rings. The number of carbonyl (C=O) groups is 2. The van der Waals surface area contributed by atoms with Crippen molar-refractivity contribution in [2.75, 3.05) is 19.0 Å². The van der Waals surface area contributed by atoms with E-state index in [2.05, 4.69) is 5.32 Å². The molecule has 0 atom stereocenters. The average Bonchev–Trinajstić information content (AvgIpc) is 2.60. The van der Waals surface area contributed by atoms with Gasteiger partial charge in [-0.2, -0.15) is 0 Å². The highest BCUT2D eigenvalue weighted by Crippen LogP contribution is 2.37. The summed E-state index contributed by atoms with van der Waals surface area (Å²) in [6.45, 7) is 4.49. The van der Waals surface area contributed by atoms with Crippen LogP contribution in [0.15, 0.2) is 36.4 Å². The van der Waals surface area contributed by atoms with Gasteiger partial charge in [0.15, 0.2) is 11.5 Å². The summed E-state index contributed by atoms with van der Waals surface area (Å²) in [5.74, 6) is -0.0317. The summed E-state index contributed by atoms with van der Waals surface area (Å²) in [6, 6.07) is 9.51. The van der Waals surface area contributed by atoms with Crippen LogP contribution < -0.4 is 20.5 Å². The quantitative estimate of drug-likeness (QED) is 0.770. The van der Waals surface area contributed by atoms with Crippen molar-refractivity contribution >= 4 is 29.1 Å². The number of methoxy groups -OCH3 is 1. The number of primary amides is 1. The first-order valence-corrected chi connectivity index (χ1v) is 8.41. The van der Waals surface area contributed by atoms with Gasteiger partial charge in [-0.1, -0.05) is 37.6 Å².